The van der Waals surface area contributed by atoms with E-state index in [9.17, 15) is 0 Å². The zero-order valence-electron chi connectivity index (χ0n) is 24.0. The van der Waals surface area contributed by atoms with Crippen LogP contribution in [0.3, 0.4) is 0 Å². The van der Waals surface area contributed by atoms with Gasteiger partial charge in [0.2, 0.25) is 0 Å². The lowest BCUT2D eigenvalue weighted by Crippen LogP contribution is -2.83. The molecule has 4 fully saturated rings. The zero-order chi connectivity index (χ0) is 26.1. The van der Waals surface area contributed by atoms with Gasteiger partial charge in [-0.05, 0) is 75.0 Å². The van der Waals surface area contributed by atoms with Gasteiger partial charge in [-0.25, -0.2) is 0 Å². The van der Waals surface area contributed by atoms with E-state index < -0.39 is 5.60 Å². The molecule has 0 radical (unpaired) electrons. The number of hydrogen-bond donors (Lipinski definition) is 0. The van der Waals surface area contributed by atoms with Crippen LogP contribution in [0.2, 0.25) is 0 Å². The quantitative estimate of drug-likeness (QED) is 0.339. The van der Waals surface area contributed by atoms with E-state index in [4.69, 9.17) is 18.9 Å². The maximum Gasteiger partial charge on any atom is 0.166 e. The first-order valence-electron chi connectivity index (χ1n) is 15.4. The molecule has 3 spiro atoms. The Morgan fingerprint density at radius 3 is 2.74 bits per heavy atom. The molecule has 9 rings (SSSR count). The van der Waals surface area contributed by atoms with Crippen molar-refractivity contribution < 1.29 is 18.9 Å². The van der Waals surface area contributed by atoms with Gasteiger partial charge in [-0.15, -0.1) is 0 Å². The van der Waals surface area contributed by atoms with E-state index in [1.54, 1.807) is 0 Å². The first kappa shape index (κ1) is 24.3. The number of benzene rings is 1. The number of nitrogens with zero attached hydrogens (tertiary/aromatic N) is 1. The lowest BCUT2D eigenvalue weighted by molar-refractivity contribution is -0.356. The van der Waals surface area contributed by atoms with Gasteiger partial charge in [0.25, 0.3) is 0 Å². The van der Waals surface area contributed by atoms with Crippen LogP contribution in [0.4, 0.5) is 0 Å². The Labute approximate surface area is 228 Å². The molecule has 1 aromatic rings. The molecule has 3 aliphatic heterocycles. The van der Waals surface area contributed by atoms with E-state index >= 15 is 0 Å². The summed E-state index contributed by atoms with van der Waals surface area (Å²) in [5.74, 6) is 3.08. The normalized spacial score (nSPS) is 44.0. The average molecular weight is 520 g/mol. The van der Waals surface area contributed by atoms with Crippen molar-refractivity contribution in [2.45, 2.75) is 108 Å². The standard InChI is InChI=1S/C33H45NO4/c1-6-7-16-35-23-11-10-22-17-25-31-12-13-33(24(18-31)30(5,29(2,3)4)36-20-37-33)28-32(31,26(22)27(23)38-28)14-15-34(25)19-21-8-9-21/h10-13,21,24-25,28H,6-9,14-20H2,1-5H3/t24-,25-,28-,30+,31-,32+,33-/m1/s1. The van der Waals surface area contributed by atoms with Gasteiger partial charge in [0.15, 0.2) is 11.5 Å². The highest BCUT2D eigenvalue weighted by Crippen LogP contribution is 2.77. The topological polar surface area (TPSA) is 40.2 Å². The van der Waals surface area contributed by atoms with Gasteiger partial charge in [0, 0.05) is 29.5 Å². The second-order valence-electron chi connectivity index (χ2n) is 14.8. The molecule has 3 heterocycles. The summed E-state index contributed by atoms with van der Waals surface area (Å²) >= 11 is 0. The van der Waals surface area contributed by atoms with Crippen molar-refractivity contribution in [3.8, 4) is 11.5 Å². The number of piperidine rings is 1. The van der Waals surface area contributed by atoms with Gasteiger partial charge < -0.3 is 18.9 Å². The van der Waals surface area contributed by atoms with Crippen molar-refractivity contribution >= 4 is 0 Å². The lowest BCUT2D eigenvalue weighted by atomic mass is 9.35. The van der Waals surface area contributed by atoms with Crippen molar-refractivity contribution in [3.05, 3.63) is 35.4 Å². The van der Waals surface area contributed by atoms with Crippen molar-refractivity contribution in [3.63, 3.8) is 0 Å². The van der Waals surface area contributed by atoms with Crippen LogP contribution in [0.25, 0.3) is 0 Å². The van der Waals surface area contributed by atoms with Crippen LogP contribution in [0, 0.1) is 22.7 Å². The Morgan fingerprint density at radius 1 is 1.13 bits per heavy atom. The van der Waals surface area contributed by atoms with Gasteiger partial charge >= 0.3 is 0 Å². The van der Waals surface area contributed by atoms with Crippen LogP contribution in [0.15, 0.2) is 24.3 Å². The fraction of sp³-hybridized carbons (Fsp3) is 0.758. The maximum absolute atomic E-state index is 7.29. The summed E-state index contributed by atoms with van der Waals surface area (Å²) in [6.07, 6.45) is 13.4. The van der Waals surface area contributed by atoms with Crippen LogP contribution >= 0.6 is 0 Å². The van der Waals surface area contributed by atoms with Gasteiger partial charge in [-0.1, -0.05) is 52.3 Å². The summed E-state index contributed by atoms with van der Waals surface area (Å²) in [6, 6.07) is 5.07. The van der Waals surface area contributed by atoms with E-state index in [1.165, 1.54) is 30.5 Å². The summed E-state index contributed by atoms with van der Waals surface area (Å²) in [6.45, 7) is 15.1. The molecule has 0 amide bonds. The molecule has 5 nitrogen and oxygen atoms in total. The minimum Gasteiger partial charge on any atom is -0.490 e. The molecule has 5 heteroatoms. The van der Waals surface area contributed by atoms with Gasteiger partial charge in [-0.3, -0.25) is 4.90 Å². The van der Waals surface area contributed by atoms with E-state index in [0.717, 1.165) is 62.7 Å². The number of likely N-dealkylation sites (tertiary alicyclic amines) is 1. The van der Waals surface area contributed by atoms with Crippen molar-refractivity contribution in [1.82, 2.24) is 4.90 Å². The highest BCUT2D eigenvalue weighted by molar-refractivity contribution is 5.65. The Bertz CT molecular complexity index is 1200. The Morgan fingerprint density at radius 2 is 1.97 bits per heavy atom. The molecule has 2 saturated carbocycles. The van der Waals surface area contributed by atoms with Crippen molar-refractivity contribution in [2.75, 3.05) is 26.5 Å². The third kappa shape index (κ3) is 2.70. The van der Waals surface area contributed by atoms with Crippen LogP contribution in [-0.4, -0.2) is 54.7 Å². The SMILES string of the molecule is CCCCOc1ccc2c3c1O[C@H]1[C@@]45C=C[C@@]6(C[C@@H]4[C@@](C)(C(C)(C)C)OCO5)[C@@H](C2)N(CC2CC2)CC[C@]316. The molecule has 38 heavy (non-hydrogen) atoms. The zero-order valence-corrected chi connectivity index (χ0v) is 24.0. The summed E-state index contributed by atoms with van der Waals surface area (Å²) in [5, 5.41) is 0. The Hall–Kier alpha value is -1.56. The van der Waals surface area contributed by atoms with Gasteiger partial charge in [0.1, 0.15) is 18.5 Å². The largest absolute Gasteiger partial charge is 0.490 e. The molecule has 0 N–H and O–H groups in total. The summed E-state index contributed by atoms with van der Waals surface area (Å²) < 4.78 is 27.2. The van der Waals surface area contributed by atoms with E-state index in [2.05, 4.69) is 63.8 Å². The third-order valence-electron chi connectivity index (χ3n) is 12.3. The van der Waals surface area contributed by atoms with Crippen LogP contribution in [-0.2, 0) is 21.3 Å². The summed E-state index contributed by atoms with van der Waals surface area (Å²) in [7, 11) is 0. The molecule has 4 bridgehead atoms. The highest BCUT2D eigenvalue weighted by atomic mass is 16.7. The molecule has 2 saturated heterocycles. The molecule has 1 aromatic carbocycles. The van der Waals surface area contributed by atoms with Gasteiger partial charge in [0.05, 0.1) is 17.6 Å². The molecule has 7 atom stereocenters. The monoisotopic (exact) mass is 519 g/mol. The van der Waals surface area contributed by atoms with E-state index in [-0.39, 0.29) is 33.9 Å². The average Bonchev–Trinajstić information content (AvgIpc) is 3.62. The van der Waals surface area contributed by atoms with Crippen LogP contribution < -0.4 is 9.47 Å². The second-order valence-corrected chi connectivity index (χ2v) is 14.8. The number of hydrogen-bond acceptors (Lipinski definition) is 5. The molecule has 5 aliphatic carbocycles. The van der Waals surface area contributed by atoms with E-state index in [0.29, 0.717) is 12.8 Å². The maximum atomic E-state index is 7.29. The molecule has 0 unspecified atom stereocenters. The number of rotatable bonds is 6. The first-order chi connectivity index (χ1) is 18.2. The summed E-state index contributed by atoms with van der Waals surface area (Å²) in [5.41, 5.74) is 2.10. The van der Waals surface area contributed by atoms with E-state index in [1.807, 2.05) is 0 Å². The number of unbranched alkanes of at least 4 members (excludes halogenated alkanes) is 1. The summed E-state index contributed by atoms with van der Waals surface area (Å²) in [4.78, 5) is 2.88. The lowest BCUT2D eigenvalue weighted by Gasteiger charge is -2.74. The predicted octanol–water partition coefficient (Wildman–Crippen LogP) is 6.03. The minimum absolute atomic E-state index is 0.0217. The first-order valence-corrected chi connectivity index (χ1v) is 15.4. The smallest absolute Gasteiger partial charge is 0.166 e. The minimum atomic E-state index is -0.487. The molecule has 0 aromatic heterocycles. The van der Waals surface area contributed by atoms with Crippen molar-refractivity contribution in [2.24, 2.45) is 22.7 Å². The molecular weight excluding hydrogens is 474 g/mol. The fourth-order valence-electron chi connectivity index (χ4n) is 9.83. The highest BCUT2D eigenvalue weighted by Gasteiger charge is 2.82. The molecule has 206 valence electrons. The van der Waals surface area contributed by atoms with Crippen LogP contribution in [0.1, 0.15) is 84.3 Å². The second kappa shape index (κ2) is 7.59. The fourth-order valence-corrected chi connectivity index (χ4v) is 9.83. The Kier molecular flexibility index (Phi) is 4.84. The van der Waals surface area contributed by atoms with Crippen LogP contribution in [0.5, 0.6) is 11.5 Å². The Balaban J connectivity index is 1.34. The van der Waals surface area contributed by atoms with Gasteiger partial charge in [-0.2, -0.15) is 0 Å². The molecule has 8 aliphatic rings. The van der Waals surface area contributed by atoms with Crippen molar-refractivity contribution in [1.29, 1.82) is 0 Å². The predicted molar refractivity (Wildman–Crippen MR) is 147 cm³/mol. The number of ether oxygens (including phenoxy) is 4. The molecular formula is C33H45NO4. The third-order valence-corrected chi connectivity index (χ3v) is 12.3.